The minimum Gasteiger partial charge on any atom is -0.451 e. The van der Waals surface area contributed by atoms with Crippen molar-refractivity contribution in [2.45, 2.75) is 53.4 Å². The molecule has 0 aliphatic heterocycles. The summed E-state index contributed by atoms with van der Waals surface area (Å²) in [7, 11) is 0. The number of halogens is 2. The molecular formula is C29H38Cl2N10O2S2. The van der Waals surface area contributed by atoms with Crippen molar-refractivity contribution in [3.8, 4) is 23.0 Å². The van der Waals surface area contributed by atoms with Gasteiger partial charge in [0.25, 0.3) is 0 Å². The van der Waals surface area contributed by atoms with Gasteiger partial charge in [-0.1, -0.05) is 88.1 Å². The van der Waals surface area contributed by atoms with E-state index in [1.807, 2.05) is 26.0 Å². The minimum absolute atomic E-state index is 0.0556. The standard InChI is InChI=1S/C14H19N5OS.C14H19N5O.CCl2S/c1-7(2)9-4-8(3)10(19-21)5-11(9)20-12-6-17-14(16)18-13(12)15;1-7(2)9-4-8(3)10(15)5-11(9)20-12-6-18-14(17)19-13(12)16;2-1(3)4/h4-7,19,21H,1-3H3,(H4,15,16,17,18);4-7H,15H2,1-3H3,(H4,16,17,18,19);. The van der Waals surface area contributed by atoms with Gasteiger partial charge in [0.2, 0.25) is 11.9 Å². The van der Waals surface area contributed by atoms with Crippen molar-refractivity contribution in [3.05, 3.63) is 58.9 Å². The molecule has 0 saturated heterocycles. The molecule has 0 atom stereocenters. The van der Waals surface area contributed by atoms with Crippen molar-refractivity contribution >= 4 is 86.9 Å². The number of thiocarbonyl (C=S) groups is 1. The molecule has 0 saturated carbocycles. The summed E-state index contributed by atoms with van der Waals surface area (Å²) in [5.74, 6) is 3.31. The van der Waals surface area contributed by atoms with Gasteiger partial charge in [-0.3, -0.25) is 0 Å². The van der Waals surface area contributed by atoms with Crippen molar-refractivity contribution < 1.29 is 9.47 Å². The number of benzene rings is 2. The summed E-state index contributed by atoms with van der Waals surface area (Å²) in [6.07, 6.45) is 2.92. The molecule has 0 unspecified atom stereocenters. The first-order valence-electron chi connectivity index (χ1n) is 13.4. The van der Waals surface area contributed by atoms with E-state index in [1.54, 1.807) is 6.07 Å². The molecule has 12 nitrogen and oxygen atoms in total. The molecule has 0 bridgehead atoms. The molecule has 2 heterocycles. The molecule has 0 spiro atoms. The first-order chi connectivity index (χ1) is 21.0. The average molecular weight is 694 g/mol. The zero-order valence-electron chi connectivity index (χ0n) is 25.7. The predicted octanol–water partition coefficient (Wildman–Crippen LogP) is 7.32. The third-order valence-electron chi connectivity index (χ3n) is 6.16. The number of rotatable bonds is 7. The van der Waals surface area contributed by atoms with Crippen molar-refractivity contribution in [1.82, 2.24) is 19.9 Å². The molecule has 4 aromatic rings. The van der Waals surface area contributed by atoms with Crippen LogP contribution in [0, 0.1) is 13.8 Å². The number of aromatic nitrogens is 4. The van der Waals surface area contributed by atoms with Crippen molar-refractivity contribution in [3.63, 3.8) is 0 Å². The first-order valence-corrected chi connectivity index (χ1v) is 15.1. The maximum Gasteiger partial charge on any atom is 0.222 e. The van der Waals surface area contributed by atoms with Crippen LogP contribution in [0.3, 0.4) is 0 Å². The fourth-order valence-corrected chi connectivity index (χ4v) is 4.07. The fourth-order valence-electron chi connectivity index (χ4n) is 3.83. The zero-order valence-corrected chi connectivity index (χ0v) is 28.9. The molecule has 0 radical (unpaired) electrons. The van der Waals surface area contributed by atoms with Crippen LogP contribution in [0.5, 0.6) is 23.0 Å². The summed E-state index contributed by atoms with van der Waals surface area (Å²) in [5.41, 5.74) is 34.2. The average Bonchev–Trinajstić information content (AvgIpc) is 2.94. The molecular weight excluding hydrogens is 655 g/mol. The maximum atomic E-state index is 5.94. The van der Waals surface area contributed by atoms with Crippen LogP contribution in [-0.4, -0.2) is 23.7 Å². The van der Waals surface area contributed by atoms with Gasteiger partial charge in [-0.05, 0) is 47.9 Å². The lowest BCUT2D eigenvalue weighted by atomic mass is 9.99. The number of anilines is 6. The number of thiol groups is 1. The molecule has 0 aliphatic rings. The Hall–Kier alpha value is -3.98. The number of nitrogens with two attached hydrogens (primary N) is 5. The Morgan fingerprint density at radius 1 is 0.733 bits per heavy atom. The van der Waals surface area contributed by atoms with E-state index in [0.717, 1.165) is 27.9 Å². The van der Waals surface area contributed by atoms with Crippen LogP contribution in [-0.2, 0) is 0 Å². The Balaban J connectivity index is 0.000000281. The second kappa shape index (κ2) is 16.9. The van der Waals surface area contributed by atoms with E-state index in [9.17, 15) is 0 Å². The number of ether oxygens (including phenoxy) is 2. The number of aryl methyl sites for hydroxylation is 2. The highest BCUT2D eigenvalue weighted by Gasteiger charge is 2.15. The first kappa shape index (κ1) is 37.2. The Morgan fingerprint density at radius 3 is 1.51 bits per heavy atom. The quantitative estimate of drug-likeness (QED) is 0.0438. The lowest BCUT2D eigenvalue weighted by molar-refractivity contribution is 0.471. The zero-order chi connectivity index (χ0) is 34.0. The number of nitrogens with zero attached hydrogens (tertiary/aromatic N) is 4. The Bertz CT molecular complexity index is 1640. The van der Waals surface area contributed by atoms with Gasteiger partial charge in [0.05, 0.1) is 18.1 Å². The van der Waals surface area contributed by atoms with E-state index >= 15 is 0 Å². The molecule has 11 N–H and O–H groups in total. The van der Waals surface area contributed by atoms with Crippen LogP contribution < -0.4 is 42.9 Å². The summed E-state index contributed by atoms with van der Waals surface area (Å²) < 4.78 is 14.5. The van der Waals surface area contributed by atoms with Gasteiger partial charge < -0.3 is 42.9 Å². The van der Waals surface area contributed by atoms with Gasteiger partial charge in [-0.15, -0.1) is 0 Å². The molecule has 2 aromatic heterocycles. The van der Waals surface area contributed by atoms with Gasteiger partial charge in [-0.25, -0.2) is 9.97 Å². The maximum absolute atomic E-state index is 5.94. The lowest BCUT2D eigenvalue weighted by Crippen LogP contribution is -2.03. The Kier molecular flexibility index (Phi) is 14.0. The molecule has 242 valence electrons. The van der Waals surface area contributed by atoms with Crippen LogP contribution in [0.15, 0.2) is 36.7 Å². The number of hydrogen-bond donors (Lipinski definition) is 7. The van der Waals surface area contributed by atoms with Gasteiger partial charge in [0.1, 0.15) is 11.5 Å². The summed E-state index contributed by atoms with van der Waals surface area (Å²) in [6.45, 7) is 12.3. The van der Waals surface area contributed by atoms with Crippen LogP contribution in [0.4, 0.5) is 34.9 Å². The monoisotopic (exact) mass is 692 g/mol. The number of nitrogen functional groups attached to an aromatic ring is 5. The molecule has 0 aliphatic carbocycles. The van der Waals surface area contributed by atoms with Crippen molar-refractivity contribution in [2.75, 3.05) is 33.4 Å². The lowest BCUT2D eigenvalue weighted by Gasteiger charge is -2.17. The van der Waals surface area contributed by atoms with E-state index in [2.05, 4.69) is 83.5 Å². The highest BCUT2D eigenvalue weighted by atomic mass is 35.5. The predicted molar refractivity (Wildman–Crippen MR) is 194 cm³/mol. The van der Waals surface area contributed by atoms with E-state index in [-0.39, 0.29) is 27.3 Å². The van der Waals surface area contributed by atoms with Crippen LogP contribution in [0.2, 0.25) is 0 Å². The summed E-state index contributed by atoms with van der Waals surface area (Å²) >= 11 is 17.7. The molecule has 0 fully saturated rings. The second-order valence-electron chi connectivity index (χ2n) is 10.3. The number of nitrogens with one attached hydrogen (secondary N) is 1. The van der Waals surface area contributed by atoms with Crippen LogP contribution in [0.1, 0.15) is 61.8 Å². The summed E-state index contributed by atoms with van der Waals surface area (Å²) in [4.78, 5) is 15.5. The third kappa shape index (κ3) is 11.2. The van der Waals surface area contributed by atoms with Gasteiger partial charge in [0.15, 0.2) is 26.9 Å². The topological polar surface area (TPSA) is 212 Å². The van der Waals surface area contributed by atoms with Gasteiger partial charge >= 0.3 is 0 Å². The SMILES string of the molecule is Cc1cc(C(C)C)c(Oc2cnc(N)nc2N)cc1N.Cc1cc(C(C)C)c(Oc2cnc(N)nc2N)cc1NS.S=C(Cl)Cl. The van der Waals surface area contributed by atoms with E-state index < -0.39 is 0 Å². The third-order valence-corrected chi connectivity index (χ3v) is 6.40. The Labute approximate surface area is 284 Å². The largest absolute Gasteiger partial charge is 0.451 e. The summed E-state index contributed by atoms with van der Waals surface area (Å²) in [6, 6.07) is 7.75. The normalized spacial score (nSPS) is 10.4. The van der Waals surface area contributed by atoms with E-state index in [4.69, 9.17) is 61.3 Å². The van der Waals surface area contributed by atoms with Crippen LogP contribution >= 0.6 is 48.2 Å². The van der Waals surface area contributed by atoms with Gasteiger partial charge in [-0.2, -0.15) is 9.97 Å². The van der Waals surface area contributed by atoms with Crippen LogP contribution in [0.25, 0.3) is 0 Å². The summed E-state index contributed by atoms with van der Waals surface area (Å²) in [5, 5.41) is 0. The minimum atomic E-state index is -0.0556. The molecule has 2 aromatic carbocycles. The van der Waals surface area contributed by atoms with E-state index in [0.29, 0.717) is 40.5 Å². The molecule has 45 heavy (non-hydrogen) atoms. The highest BCUT2D eigenvalue weighted by molar-refractivity contribution is 7.86. The highest BCUT2D eigenvalue weighted by Crippen LogP contribution is 2.37. The van der Waals surface area contributed by atoms with Crippen molar-refractivity contribution in [2.24, 2.45) is 0 Å². The van der Waals surface area contributed by atoms with Crippen molar-refractivity contribution in [1.29, 1.82) is 0 Å². The number of hydrogen-bond acceptors (Lipinski definition) is 14. The van der Waals surface area contributed by atoms with Gasteiger partial charge in [0, 0.05) is 17.8 Å². The fraction of sp³-hybridized carbons (Fsp3) is 0.276. The van der Waals surface area contributed by atoms with E-state index in [1.165, 1.54) is 12.4 Å². The molecule has 16 heteroatoms. The molecule has 4 rings (SSSR count). The molecule has 0 amide bonds. The Morgan fingerprint density at radius 2 is 1.13 bits per heavy atom. The smallest absolute Gasteiger partial charge is 0.222 e. The second-order valence-corrected chi connectivity index (χ2v) is 12.3.